The Hall–Kier alpha value is -2.63. The monoisotopic (exact) mass is 311 g/mol. The van der Waals surface area contributed by atoms with E-state index in [0.29, 0.717) is 18.8 Å². The molecule has 6 nitrogen and oxygen atoms in total. The molecule has 0 aliphatic rings. The molecule has 0 atom stereocenters. The van der Waals surface area contributed by atoms with E-state index in [0.717, 1.165) is 29.1 Å². The van der Waals surface area contributed by atoms with Gasteiger partial charge in [0.1, 0.15) is 11.5 Å². The van der Waals surface area contributed by atoms with Crippen molar-refractivity contribution in [2.24, 2.45) is 0 Å². The Kier molecular flexibility index (Phi) is 4.14. The van der Waals surface area contributed by atoms with Gasteiger partial charge < -0.3 is 9.88 Å². The number of para-hydroxylation sites is 2. The molecule has 120 valence electrons. The fraction of sp³-hybridized carbons (Fsp3) is 0.353. The number of hydrogen-bond acceptors (Lipinski definition) is 3. The number of fused-ring (bicyclic) bond motifs is 1. The molecule has 2 heterocycles. The van der Waals surface area contributed by atoms with Crippen LogP contribution in [0.5, 0.6) is 0 Å². The fourth-order valence-electron chi connectivity index (χ4n) is 2.83. The van der Waals surface area contributed by atoms with E-state index in [9.17, 15) is 4.79 Å². The summed E-state index contributed by atoms with van der Waals surface area (Å²) in [5.74, 6) is 0.739. The van der Waals surface area contributed by atoms with Crippen LogP contribution in [0, 0.1) is 6.92 Å². The van der Waals surface area contributed by atoms with Crippen LogP contribution in [-0.4, -0.2) is 25.2 Å². The Bertz CT molecular complexity index is 846. The van der Waals surface area contributed by atoms with Crippen molar-refractivity contribution in [1.82, 2.24) is 24.6 Å². The quantitative estimate of drug-likeness (QED) is 0.787. The average Bonchev–Trinajstić information content (AvgIpc) is 3.12. The third kappa shape index (κ3) is 2.84. The summed E-state index contributed by atoms with van der Waals surface area (Å²) in [4.78, 5) is 17.0. The second-order valence-electron chi connectivity index (χ2n) is 5.43. The number of benzene rings is 1. The van der Waals surface area contributed by atoms with Crippen LogP contribution in [0.4, 0.5) is 0 Å². The first kappa shape index (κ1) is 15.3. The standard InChI is InChI=1S/C17H21N5O/c1-4-21-14-9-7-6-8-13(14)19-16(21)11-18-17(23)15-10-12(3)20-22(15)5-2/h6-10H,4-5,11H2,1-3H3,(H,18,23). The minimum absolute atomic E-state index is 0.123. The van der Waals surface area contributed by atoms with Gasteiger partial charge in [-0.2, -0.15) is 5.10 Å². The maximum absolute atomic E-state index is 12.4. The molecule has 1 N–H and O–H groups in total. The SMILES string of the molecule is CCn1nc(C)cc1C(=O)NCc1nc2ccccc2n1CC. The van der Waals surface area contributed by atoms with Crippen LogP contribution in [0.2, 0.25) is 0 Å². The Morgan fingerprint density at radius 1 is 1.22 bits per heavy atom. The van der Waals surface area contributed by atoms with Crippen LogP contribution in [-0.2, 0) is 19.6 Å². The van der Waals surface area contributed by atoms with Crippen molar-refractivity contribution in [3.8, 4) is 0 Å². The summed E-state index contributed by atoms with van der Waals surface area (Å²) in [6.45, 7) is 7.82. The van der Waals surface area contributed by atoms with Crippen LogP contribution in [0.15, 0.2) is 30.3 Å². The first-order valence-corrected chi connectivity index (χ1v) is 7.90. The molecule has 0 fully saturated rings. The predicted molar refractivity (Wildman–Crippen MR) is 89.2 cm³/mol. The van der Waals surface area contributed by atoms with Gasteiger partial charge in [0.2, 0.25) is 0 Å². The number of aryl methyl sites for hydroxylation is 3. The van der Waals surface area contributed by atoms with Crippen molar-refractivity contribution in [2.75, 3.05) is 0 Å². The van der Waals surface area contributed by atoms with Crippen molar-refractivity contribution in [3.05, 3.63) is 47.5 Å². The Balaban J connectivity index is 1.81. The second kappa shape index (κ2) is 6.24. The molecule has 0 saturated carbocycles. The van der Waals surface area contributed by atoms with Gasteiger partial charge in [-0.05, 0) is 39.0 Å². The van der Waals surface area contributed by atoms with Crippen molar-refractivity contribution < 1.29 is 4.79 Å². The first-order valence-electron chi connectivity index (χ1n) is 7.90. The molecule has 2 aromatic heterocycles. The lowest BCUT2D eigenvalue weighted by molar-refractivity contribution is 0.0939. The number of carbonyl (C=O) groups is 1. The van der Waals surface area contributed by atoms with Crippen LogP contribution in [0.1, 0.15) is 35.9 Å². The largest absolute Gasteiger partial charge is 0.343 e. The number of rotatable bonds is 5. The van der Waals surface area contributed by atoms with Gasteiger partial charge >= 0.3 is 0 Å². The first-order chi connectivity index (χ1) is 11.1. The van der Waals surface area contributed by atoms with E-state index < -0.39 is 0 Å². The number of carbonyl (C=O) groups excluding carboxylic acids is 1. The molecule has 23 heavy (non-hydrogen) atoms. The number of imidazole rings is 1. The van der Waals surface area contributed by atoms with Gasteiger partial charge in [0.15, 0.2) is 0 Å². The Labute approximate surface area is 135 Å². The summed E-state index contributed by atoms with van der Waals surface area (Å²) < 4.78 is 3.84. The van der Waals surface area contributed by atoms with E-state index in [-0.39, 0.29) is 5.91 Å². The lowest BCUT2D eigenvalue weighted by atomic mass is 10.3. The highest BCUT2D eigenvalue weighted by Crippen LogP contribution is 2.16. The molecule has 0 unspecified atom stereocenters. The molecule has 6 heteroatoms. The van der Waals surface area contributed by atoms with Gasteiger partial charge in [0.25, 0.3) is 5.91 Å². The number of aromatic nitrogens is 4. The highest BCUT2D eigenvalue weighted by atomic mass is 16.2. The number of nitrogens with one attached hydrogen (secondary N) is 1. The third-order valence-corrected chi connectivity index (χ3v) is 3.89. The van der Waals surface area contributed by atoms with Gasteiger partial charge in [-0.25, -0.2) is 4.98 Å². The van der Waals surface area contributed by atoms with E-state index in [2.05, 4.69) is 26.9 Å². The molecular formula is C17H21N5O. The average molecular weight is 311 g/mol. The third-order valence-electron chi connectivity index (χ3n) is 3.89. The summed E-state index contributed by atoms with van der Waals surface area (Å²) in [7, 11) is 0. The molecule has 0 saturated heterocycles. The number of amides is 1. The van der Waals surface area contributed by atoms with Gasteiger partial charge in [-0.15, -0.1) is 0 Å². The van der Waals surface area contributed by atoms with Gasteiger partial charge in [-0.3, -0.25) is 9.48 Å². The van der Waals surface area contributed by atoms with Gasteiger partial charge in [0, 0.05) is 13.1 Å². The lowest BCUT2D eigenvalue weighted by Crippen LogP contribution is -2.27. The molecule has 0 radical (unpaired) electrons. The van der Waals surface area contributed by atoms with E-state index >= 15 is 0 Å². The molecule has 3 rings (SSSR count). The van der Waals surface area contributed by atoms with E-state index in [1.165, 1.54) is 0 Å². The van der Waals surface area contributed by atoms with Crippen molar-refractivity contribution in [1.29, 1.82) is 0 Å². The summed E-state index contributed by atoms with van der Waals surface area (Å²) in [6, 6.07) is 9.82. The Morgan fingerprint density at radius 2 is 2.00 bits per heavy atom. The minimum atomic E-state index is -0.123. The maximum Gasteiger partial charge on any atom is 0.269 e. The zero-order valence-electron chi connectivity index (χ0n) is 13.7. The molecular weight excluding hydrogens is 290 g/mol. The summed E-state index contributed by atoms with van der Waals surface area (Å²) in [5.41, 5.74) is 3.48. The number of nitrogens with zero attached hydrogens (tertiary/aromatic N) is 4. The molecule has 0 aliphatic heterocycles. The zero-order chi connectivity index (χ0) is 16.4. The second-order valence-corrected chi connectivity index (χ2v) is 5.43. The van der Waals surface area contributed by atoms with E-state index in [1.54, 1.807) is 4.68 Å². The van der Waals surface area contributed by atoms with Crippen molar-refractivity contribution in [2.45, 2.75) is 40.4 Å². The van der Waals surface area contributed by atoms with E-state index in [1.807, 2.05) is 44.2 Å². The van der Waals surface area contributed by atoms with Crippen LogP contribution < -0.4 is 5.32 Å². The molecule has 1 amide bonds. The summed E-state index contributed by atoms with van der Waals surface area (Å²) in [6.07, 6.45) is 0. The topological polar surface area (TPSA) is 64.7 Å². The zero-order valence-corrected chi connectivity index (χ0v) is 13.7. The van der Waals surface area contributed by atoms with Crippen LogP contribution in [0.3, 0.4) is 0 Å². The Morgan fingerprint density at radius 3 is 2.74 bits per heavy atom. The molecule has 1 aromatic carbocycles. The summed E-state index contributed by atoms with van der Waals surface area (Å²) in [5, 5.41) is 7.26. The normalized spacial score (nSPS) is 11.1. The fourth-order valence-corrected chi connectivity index (χ4v) is 2.83. The highest BCUT2D eigenvalue weighted by molar-refractivity contribution is 5.92. The van der Waals surface area contributed by atoms with Crippen molar-refractivity contribution in [3.63, 3.8) is 0 Å². The minimum Gasteiger partial charge on any atom is -0.343 e. The molecule has 0 aliphatic carbocycles. The summed E-state index contributed by atoms with van der Waals surface area (Å²) >= 11 is 0. The van der Waals surface area contributed by atoms with E-state index in [4.69, 9.17) is 0 Å². The highest BCUT2D eigenvalue weighted by Gasteiger charge is 2.15. The van der Waals surface area contributed by atoms with Crippen molar-refractivity contribution >= 4 is 16.9 Å². The van der Waals surface area contributed by atoms with Gasteiger partial charge in [0.05, 0.1) is 23.3 Å². The lowest BCUT2D eigenvalue weighted by Gasteiger charge is -2.08. The van der Waals surface area contributed by atoms with Gasteiger partial charge in [-0.1, -0.05) is 12.1 Å². The molecule has 0 spiro atoms. The van der Waals surface area contributed by atoms with Crippen LogP contribution >= 0.6 is 0 Å². The maximum atomic E-state index is 12.4. The van der Waals surface area contributed by atoms with Crippen LogP contribution in [0.25, 0.3) is 11.0 Å². The predicted octanol–water partition coefficient (Wildman–Crippen LogP) is 2.51. The smallest absolute Gasteiger partial charge is 0.269 e. The molecule has 0 bridgehead atoms. The molecule has 3 aromatic rings. The number of hydrogen-bond donors (Lipinski definition) is 1.